The minimum Gasteiger partial charge on any atom is -0.486 e. The van der Waals surface area contributed by atoms with Crippen LogP contribution < -0.4 is 20.1 Å². The number of fused-ring (bicyclic) bond motifs is 2. The maximum atomic E-state index is 12.3. The first-order chi connectivity index (χ1) is 14.6. The van der Waals surface area contributed by atoms with Crippen LogP contribution in [0, 0.1) is 0 Å². The molecule has 2 aromatic carbocycles. The molecule has 1 aliphatic heterocycles. The molecule has 150 valence electrons. The molecule has 2 aromatic heterocycles. The molecule has 0 fully saturated rings. The second kappa shape index (κ2) is 7.61. The van der Waals surface area contributed by atoms with Gasteiger partial charge < -0.3 is 24.5 Å². The third kappa shape index (κ3) is 3.75. The fourth-order valence-electron chi connectivity index (χ4n) is 3.27. The Labute approximate surface area is 177 Å². The average molecular weight is 421 g/mol. The third-order valence-electron chi connectivity index (χ3n) is 4.63. The van der Waals surface area contributed by atoms with Crippen LogP contribution in [0.5, 0.6) is 11.5 Å². The molecule has 2 amide bonds. The van der Waals surface area contributed by atoms with Crippen molar-refractivity contribution in [3.8, 4) is 22.8 Å². The van der Waals surface area contributed by atoms with E-state index >= 15 is 0 Å². The lowest BCUT2D eigenvalue weighted by atomic mass is 10.1. The van der Waals surface area contributed by atoms with Gasteiger partial charge in [0, 0.05) is 28.7 Å². The van der Waals surface area contributed by atoms with Crippen molar-refractivity contribution in [2.45, 2.75) is 0 Å². The van der Waals surface area contributed by atoms with Crippen molar-refractivity contribution in [3.05, 3.63) is 72.0 Å². The van der Waals surface area contributed by atoms with Gasteiger partial charge in [-0.1, -0.05) is 17.7 Å². The number of hydrogen-bond acceptors (Lipinski definition) is 4. The topological polar surface area (TPSA) is 76.9 Å². The zero-order valence-electron chi connectivity index (χ0n) is 15.8. The van der Waals surface area contributed by atoms with E-state index in [-0.39, 0.29) is 6.03 Å². The number of ether oxygens (including phenoxy) is 2. The van der Waals surface area contributed by atoms with Gasteiger partial charge in [0.1, 0.15) is 18.9 Å². The largest absolute Gasteiger partial charge is 0.486 e. The molecule has 2 N–H and O–H groups in total. The molecule has 3 heterocycles. The molecule has 0 radical (unpaired) electrons. The summed E-state index contributed by atoms with van der Waals surface area (Å²) in [5.41, 5.74) is 3.74. The molecular weight excluding hydrogens is 404 g/mol. The van der Waals surface area contributed by atoms with Crippen molar-refractivity contribution in [3.63, 3.8) is 0 Å². The minimum atomic E-state index is -0.358. The van der Waals surface area contributed by atoms with E-state index in [1.165, 1.54) is 0 Å². The van der Waals surface area contributed by atoms with Crippen LogP contribution in [0.3, 0.4) is 0 Å². The van der Waals surface area contributed by atoms with Crippen LogP contribution in [0.4, 0.5) is 16.2 Å². The van der Waals surface area contributed by atoms with E-state index in [2.05, 4.69) is 15.6 Å². The van der Waals surface area contributed by atoms with E-state index in [1.54, 1.807) is 36.5 Å². The lowest BCUT2D eigenvalue weighted by Gasteiger charge is -2.18. The van der Waals surface area contributed by atoms with Crippen molar-refractivity contribution in [2.75, 3.05) is 23.8 Å². The fourth-order valence-corrected chi connectivity index (χ4v) is 3.46. The van der Waals surface area contributed by atoms with Gasteiger partial charge in [0.15, 0.2) is 11.5 Å². The molecular formula is C22H17ClN4O3. The van der Waals surface area contributed by atoms with Crippen molar-refractivity contribution in [1.82, 2.24) is 9.38 Å². The van der Waals surface area contributed by atoms with E-state index in [4.69, 9.17) is 21.1 Å². The number of urea groups is 1. The molecule has 0 atom stereocenters. The number of nitrogens with zero attached hydrogens (tertiary/aromatic N) is 2. The number of anilines is 2. The summed E-state index contributed by atoms with van der Waals surface area (Å²) in [6.07, 6.45) is 3.71. The molecule has 0 saturated carbocycles. The maximum Gasteiger partial charge on any atom is 0.323 e. The Morgan fingerprint density at radius 2 is 1.77 bits per heavy atom. The Kier molecular flexibility index (Phi) is 4.65. The van der Waals surface area contributed by atoms with Crippen molar-refractivity contribution >= 4 is 34.7 Å². The smallest absolute Gasteiger partial charge is 0.323 e. The molecule has 30 heavy (non-hydrogen) atoms. The Bertz CT molecular complexity index is 1250. The third-order valence-corrected chi connectivity index (χ3v) is 4.86. The number of pyridine rings is 1. The summed E-state index contributed by atoms with van der Waals surface area (Å²) in [6.45, 7) is 1.09. The van der Waals surface area contributed by atoms with Crippen LogP contribution >= 0.6 is 11.6 Å². The Morgan fingerprint density at radius 3 is 2.63 bits per heavy atom. The van der Waals surface area contributed by atoms with Crippen LogP contribution in [0.15, 0.2) is 67.0 Å². The average Bonchev–Trinajstić information content (AvgIpc) is 3.17. The van der Waals surface area contributed by atoms with Crippen molar-refractivity contribution < 1.29 is 14.3 Å². The second-order valence-corrected chi connectivity index (χ2v) is 7.19. The van der Waals surface area contributed by atoms with Crippen molar-refractivity contribution in [1.29, 1.82) is 0 Å². The number of aromatic nitrogens is 2. The summed E-state index contributed by atoms with van der Waals surface area (Å²) in [6, 6.07) is 16.0. The normalized spacial score (nSPS) is 12.6. The number of imidazole rings is 1. The fraction of sp³-hybridized carbons (Fsp3) is 0.0909. The predicted molar refractivity (Wildman–Crippen MR) is 116 cm³/mol. The van der Waals surface area contributed by atoms with E-state index in [1.807, 2.05) is 34.9 Å². The van der Waals surface area contributed by atoms with E-state index in [0.29, 0.717) is 29.6 Å². The highest BCUT2D eigenvalue weighted by atomic mass is 35.5. The molecule has 0 aliphatic carbocycles. The number of rotatable bonds is 3. The number of nitrogens with one attached hydrogen (secondary N) is 2. The van der Waals surface area contributed by atoms with Gasteiger partial charge in [0.05, 0.1) is 11.4 Å². The van der Waals surface area contributed by atoms with Gasteiger partial charge in [0.25, 0.3) is 0 Å². The Hall–Kier alpha value is -3.71. The van der Waals surface area contributed by atoms with Gasteiger partial charge in [-0.05, 0) is 48.5 Å². The van der Waals surface area contributed by atoms with Crippen LogP contribution in [0.25, 0.3) is 16.9 Å². The Morgan fingerprint density at radius 1 is 0.933 bits per heavy atom. The highest BCUT2D eigenvalue weighted by molar-refractivity contribution is 6.30. The lowest BCUT2D eigenvalue weighted by Crippen LogP contribution is -2.19. The van der Waals surface area contributed by atoms with E-state index < -0.39 is 0 Å². The molecule has 8 heteroatoms. The summed E-state index contributed by atoms with van der Waals surface area (Å²) in [7, 11) is 0. The summed E-state index contributed by atoms with van der Waals surface area (Å²) in [4.78, 5) is 16.9. The predicted octanol–water partition coefficient (Wildman–Crippen LogP) is 5.07. The molecule has 1 aliphatic rings. The molecule has 7 nitrogen and oxygen atoms in total. The Balaban J connectivity index is 1.35. The minimum absolute atomic E-state index is 0.358. The number of carbonyl (C=O) groups excluding carboxylic acids is 1. The number of hydrogen-bond donors (Lipinski definition) is 2. The first kappa shape index (κ1) is 18.3. The standard InChI is InChI=1S/C22H17ClN4O3/c23-15-2-1-3-16(11-15)24-22(28)25-17-5-7-21-26-18(13-27(21)12-17)14-4-6-19-20(10-14)30-9-8-29-19/h1-7,10-13H,8-9H2,(H2,24,25,28). The maximum absolute atomic E-state index is 12.3. The van der Waals surface area contributed by atoms with Gasteiger partial charge in [-0.2, -0.15) is 0 Å². The second-order valence-electron chi connectivity index (χ2n) is 6.76. The van der Waals surface area contributed by atoms with E-state index in [9.17, 15) is 4.79 Å². The monoisotopic (exact) mass is 420 g/mol. The number of halogens is 1. The molecule has 0 spiro atoms. The number of benzene rings is 2. The highest BCUT2D eigenvalue weighted by Crippen LogP contribution is 2.34. The molecule has 0 saturated heterocycles. The SMILES string of the molecule is O=C(Nc1cccc(Cl)c1)Nc1ccc2nc(-c3ccc4c(c3)OCCO4)cn2c1. The van der Waals surface area contributed by atoms with Gasteiger partial charge in [-0.15, -0.1) is 0 Å². The quantitative estimate of drug-likeness (QED) is 0.485. The van der Waals surface area contributed by atoms with Crippen molar-refractivity contribution in [2.24, 2.45) is 0 Å². The van der Waals surface area contributed by atoms with Gasteiger partial charge in [-0.3, -0.25) is 0 Å². The summed E-state index contributed by atoms with van der Waals surface area (Å²) < 4.78 is 13.1. The highest BCUT2D eigenvalue weighted by Gasteiger charge is 2.14. The van der Waals surface area contributed by atoms with Crippen LogP contribution in [-0.2, 0) is 0 Å². The molecule has 0 bridgehead atoms. The van der Waals surface area contributed by atoms with Gasteiger partial charge >= 0.3 is 6.03 Å². The molecule has 4 aromatic rings. The van der Waals surface area contributed by atoms with Gasteiger partial charge in [0.2, 0.25) is 0 Å². The molecule has 0 unspecified atom stereocenters. The summed E-state index contributed by atoms with van der Waals surface area (Å²) in [5, 5.41) is 6.12. The first-order valence-electron chi connectivity index (χ1n) is 9.36. The van der Waals surface area contributed by atoms with Crippen LogP contribution in [0.1, 0.15) is 0 Å². The zero-order chi connectivity index (χ0) is 20.5. The number of amides is 2. The van der Waals surface area contributed by atoms with E-state index in [0.717, 1.165) is 28.4 Å². The zero-order valence-corrected chi connectivity index (χ0v) is 16.5. The number of carbonyl (C=O) groups is 1. The van der Waals surface area contributed by atoms with Gasteiger partial charge in [-0.25, -0.2) is 9.78 Å². The lowest BCUT2D eigenvalue weighted by molar-refractivity contribution is 0.171. The summed E-state index contributed by atoms with van der Waals surface area (Å²) in [5.74, 6) is 1.46. The first-order valence-corrected chi connectivity index (χ1v) is 9.74. The molecule has 5 rings (SSSR count). The van der Waals surface area contributed by atoms with Crippen LogP contribution in [-0.4, -0.2) is 28.6 Å². The van der Waals surface area contributed by atoms with Crippen LogP contribution in [0.2, 0.25) is 5.02 Å². The summed E-state index contributed by atoms with van der Waals surface area (Å²) >= 11 is 5.95.